The van der Waals surface area contributed by atoms with Crippen LogP contribution in [0.15, 0.2) is 77.4 Å². The van der Waals surface area contributed by atoms with E-state index in [1.165, 1.54) is 0 Å². The van der Waals surface area contributed by atoms with Crippen LogP contribution >= 0.6 is 0 Å². The molecule has 0 fully saturated rings. The Labute approximate surface area is 170 Å². The fourth-order valence-corrected chi connectivity index (χ4v) is 2.82. The second kappa shape index (κ2) is 9.59. The SMILES string of the molecule is CN(C)c1ccc(C(=O)OCC(=O)N(Cc2ccccc2)Cc2ccco2)cc1. The largest absolute Gasteiger partial charge is 0.467 e. The molecule has 29 heavy (non-hydrogen) atoms. The minimum atomic E-state index is -0.527. The van der Waals surface area contributed by atoms with E-state index in [1.807, 2.05) is 67.5 Å². The second-order valence-corrected chi connectivity index (χ2v) is 6.83. The monoisotopic (exact) mass is 392 g/mol. The van der Waals surface area contributed by atoms with Gasteiger partial charge in [-0.1, -0.05) is 30.3 Å². The van der Waals surface area contributed by atoms with Crippen LogP contribution in [0.2, 0.25) is 0 Å². The molecule has 0 saturated carbocycles. The quantitative estimate of drug-likeness (QED) is 0.547. The predicted molar refractivity (Wildman–Crippen MR) is 110 cm³/mol. The molecular formula is C23H24N2O4. The summed E-state index contributed by atoms with van der Waals surface area (Å²) < 4.78 is 10.6. The molecule has 3 aromatic rings. The van der Waals surface area contributed by atoms with Crippen LogP contribution in [0.1, 0.15) is 21.7 Å². The van der Waals surface area contributed by atoms with Crippen molar-refractivity contribution in [3.8, 4) is 0 Å². The Morgan fingerprint density at radius 3 is 2.24 bits per heavy atom. The van der Waals surface area contributed by atoms with Gasteiger partial charge in [0, 0.05) is 26.3 Å². The van der Waals surface area contributed by atoms with Crippen LogP contribution in [0.3, 0.4) is 0 Å². The van der Waals surface area contributed by atoms with Gasteiger partial charge in [-0.2, -0.15) is 0 Å². The Hall–Kier alpha value is -3.54. The Kier molecular flexibility index (Phi) is 6.68. The first-order chi connectivity index (χ1) is 14.0. The molecule has 0 aliphatic carbocycles. The van der Waals surface area contributed by atoms with Crippen molar-refractivity contribution in [3.05, 3.63) is 89.9 Å². The lowest BCUT2D eigenvalue weighted by atomic mass is 10.2. The zero-order chi connectivity index (χ0) is 20.6. The minimum absolute atomic E-state index is 0.288. The highest BCUT2D eigenvalue weighted by Crippen LogP contribution is 2.14. The third kappa shape index (κ3) is 5.72. The van der Waals surface area contributed by atoms with Crippen molar-refractivity contribution in [3.63, 3.8) is 0 Å². The van der Waals surface area contributed by atoms with Crippen LogP contribution in [0.4, 0.5) is 5.69 Å². The Morgan fingerprint density at radius 2 is 1.62 bits per heavy atom. The highest BCUT2D eigenvalue weighted by atomic mass is 16.5. The fraction of sp³-hybridized carbons (Fsp3) is 0.217. The van der Waals surface area contributed by atoms with Gasteiger partial charge in [0.15, 0.2) is 6.61 Å². The van der Waals surface area contributed by atoms with Gasteiger partial charge in [-0.3, -0.25) is 4.79 Å². The average molecular weight is 392 g/mol. The van der Waals surface area contributed by atoms with Gasteiger partial charge in [-0.15, -0.1) is 0 Å². The van der Waals surface area contributed by atoms with E-state index in [4.69, 9.17) is 9.15 Å². The van der Waals surface area contributed by atoms with Gasteiger partial charge >= 0.3 is 5.97 Å². The number of nitrogens with zero attached hydrogens (tertiary/aromatic N) is 2. The molecule has 6 heteroatoms. The van der Waals surface area contributed by atoms with Gasteiger partial charge < -0.3 is 19.0 Å². The topological polar surface area (TPSA) is 63.0 Å². The summed E-state index contributed by atoms with van der Waals surface area (Å²) in [6, 6.07) is 20.3. The van der Waals surface area contributed by atoms with Gasteiger partial charge in [-0.05, 0) is 42.0 Å². The number of benzene rings is 2. The van der Waals surface area contributed by atoms with Crippen LogP contribution in [-0.4, -0.2) is 37.5 Å². The zero-order valence-corrected chi connectivity index (χ0v) is 16.6. The van der Waals surface area contributed by atoms with Crippen molar-refractivity contribution in [1.29, 1.82) is 0 Å². The first kappa shape index (κ1) is 20.2. The van der Waals surface area contributed by atoms with Crippen molar-refractivity contribution in [2.75, 3.05) is 25.6 Å². The molecule has 3 rings (SSSR count). The van der Waals surface area contributed by atoms with E-state index in [-0.39, 0.29) is 12.5 Å². The first-order valence-corrected chi connectivity index (χ1v) is 9.31. The summed E-state index contributed by atoms with van der Waals surface area (Å²) in [5, 5.41) is 0. The van der Waals surface area contributed by atoms with Crippen molar-refractivity contribution in [1.82, 2.24) is 4.90 Å². The molecule has 0 radical (unpaired) electrons. The van der Waals surface area contributed by atoms with Gasteiger partial charge in [0.1, 0.15) is 5.76 Å². The standard InChI is InChI=1S/C23H24N2O4/c1-24(2)20-12-10-19(11-13-20)23(27)29-17-22(26)25(16-21-9-6-14-28-21)15-18-7-4-3-5-8-18/h3-14H,15-17H2,1-2H3. The smallest absolute Gasteiger partial charge is 0.338 e. The van der Waals surface area contributed by atoms with Crippen LogP contribution in [-0.2, 0) is 22.6 Å². The van der Waals surface area contributed by atoms with Gasteiger partial charge in [0.2, 0.25) is 0 Å². The number of furan rings is 1. The molecular weight excluding hydrogens is 368 g/mol. The maximum Gasteiger partial charge on any atom is 0.338 e. The Bertz CT molecular complexity index is 919. The minimum Gasteiger partial charge on any atom is -0.467 e. The summed E-state index contributed by atoms with van der Waals surface area (Å²) in [5.74, 6) is -0.148. The highest BCUT2D eigenvalue weighted by molar-refractivity contribution is 5.91. The van der Waals surface area contributed by atoms with Crippen LogP contribution < -0.4 is 4.90 Å². The van der Waals surface area contributed by atoms with Crippen LogP contribution in [0.25, 0.3) is 0 Å². The lowest BCUT2D eigenvalue weighted by Gasteiger charge is -2.22. The number of amides is 1. The molecule has 0 saturated heterocycles. The summed E-state index contributed by atoms with van der Waals surface area (Å²) in [6.45, 7) is 0.368. The molecule has 0 spiro atoms. The second-order valence-electron chi connectivity index (χ2n) is 6.83. The third-order valence-electron chi connectivity index (χ3n) is 4.44. The Balaban J connectivity index is 1.63. The normalized spacial score (nSPS) is 10.4. The molecule has 0 aliphatic rings. The van der Waals surface area contributed by atoms with Crippen molar-refractivity contribution < 1.29 is 18.7 Å². The average Bonchev–Trinajstić information content (AvgIpc) is 3.25. The molecule has 0 N–H and O–H groups in total. The number of anilines is 1. The van der Waals surface area contributed by atoms with Gasteiger partial charge in [-0.25, -0.2) is 4.79 Å². The van der Waals surface area contributed by atoms with E-state index < -0.39 is 5.97 Å². The number of carbonyl (C=O) groups is 2. The Morgan fingerprint density at radius 1 is 0.897 bits per heavy atom. The molecule has 0 unspecified atom stereocenters. The highest BCUT2D eigenvalue weighted by Gasteiger charge is 2.18. The number of rotatable bonds is 8. The van der Waals surface area contributed by atoms with E-state index in [9.17, 15) is 9.59 Å². The van der Waals surface area contributed by atoms with E-state index in [1.54, 1.807) is 29.4 Å². The summed E-state index contributed by atoms with van der Waals surface area (Å²) in [6.07, 6.45) is 1.57. The van der Waals surface area contributed by atoms with Crippen molar-refractivity contribution >= 4 is 17.6 Å². The summed E-state index contributed by atoms with van der Waals surface area (Å²) in [4.78, 5) is 28.6. The number of hydrogen-bond acceptors (Lipinski definition) is 5. The maximum absolute atomic E-state index is 12.8. The van der Waals surface area contributed by atoms with Crippen molar-refractivity contribution in [2.45, 2.75) is 13.1 Å². The molecule has 1 amide bonds. The maximum atomic E-state index is 12.8. The van der Waals surface area contributed by atoms with Gasteiger partial charge in [0.25, 0.3) is 5.91 Å². The fourth-order valence-electron chi connectivity index (χ4n) is 2.82. The molecule has 0 bridgehead atoms. The van der Waals surface area contributed by atoms with Crippen LogP contribution in [0.5, 0.6) is 0 Å². The van der Waals surface area contributed by atoms with Crippen molar-refractivity contribution in [2.24, 2.45) is 0 Å². The molecule has 150 valence electrons. The van der Waals surface area contributed by atoms with E-state index >= 15 is 0 Å². The third-order valence-corrected chi connectivity index (χ3v) is 4.44. The number of carbonyl (C=O) groups excluding carboxylic acids is 2. The summed E-state index contributed by atoms with van der Waals surface area (Å²) in [7, 11) is 3.85. The van der Waals surface area contributed by atoms with E-state index in [2.05, 4.69) is 0 Å². The molecule has 1 heterocycles. The number of ether oxygens (including phenoxy) is 1. The van der Waals surface area contributed by atoms with E-state index in [0.29, 0.717) is 24.4 Å². The first-order valence-electron chi connectivity index (χ1n) is 9.31. The zero-order valence-electron chi connectivity index (χ0n) is 16.6. The lowest BCUT2D eigenvalue weighted by molar-refractivity contribution is -0.136. The van der Waals surface area contributed by atoms with E-state index in [0.717, 1.165) is 11.3 Å². The number of hydrogen-bond donors (Lipinski definition) is 0. The molecule has 0 atom stereocenters. The molecule has 2 aromatic carbocycles. The lowest BCUT2D eigenvalue weighted by Crippen LogP contribution is -2.33. The predicted octanol–water partition coefficient (Wildman–Crippen LogP) is 3.73. The summed E-state index contributed by atoms with van der Waals surface area (Å²) >= 11 is 0. The molecule has 6 nitrogen and oxygen atoms in total. The van der Waals surface area contributed by atoms with Crippen LogP contribution in [0, 0.1) is 0 Å². The number of esters is 1. The molecule has 1 aromatic heterocycles. The van der Waals surface area contributed by atoms with Gasteiger partial charge in [0.05, 0.1) is 18.4 Å². The summed E-state index contributed by atoms with van der Waals surface area (Å²) in [5.41, 5.74) is 2.37. The molecule has 0 aliphatic heterocycles.